The number of rotatable bonds is 6. The molecule has 0 radical (unpaired) electrons. The molecule has 2 atom stereocenters. The summed E-state index contributed by atoms with van der Waals surface area (Å²) in [4.78, 5) is 8.42. The Kier molecular flexibility index (Phi) is 5.02. The van der Waals surface area contributed by atoms with Gasteiger partial charge in [-0.05, 0) is 47.8 Å². The highest BCUT2D eigenvalue weighted by molar-refractivity contribution is 6.29. The summed E-state index contributed by atoms with van der Waals surface area (Å²) in [6.07, 6.45) is 8.47. The second-order valence-corrected chi connectivity index (χ2v) is 7.18. The molecule has 0 amide bonds. The molecule has 1 aliphatic rings. The average molecular weight is 342 g/mol. The van der Waals surface area contributed by atoms with E-state index in [1.165, 1.54) is 11.1 Å². The van der Waals surface area contributed by atoms with Crippen LogP contribution in [0.3, 0.4) is 0 Å². The SMILES string of the molecule is C=C(CCC1(CCC)Cc2ccccc2[C@H]1N)c1cnc(Cl)cn1. The van der Waals surface area contributed by atoms with Gasteiger partial charge in [0.15, 0.2) is 0 Å². The molecule has 2 N–H and O–H groups in total. The second kappa shape index (κ2) is 7.04. The van der Waals surface area contributed by atoms with Crippen LogP contribution in [0.5, 0.6) is 0 Å². The summed E-state index contributed by atoms with van der Waals surface area (Å²) >= 11 is 5.81. The first-order chi connectivity index (χ1) is 11.6. The van der Waals surface area contributed by atoms with E-state index >= 15 is 0 Å². The minimum atomic E-state index is 0.0951. The summed E-state index contributed by atoms with van der Waals surface area (Å²) in [6.45, 7) is 6.43. The molecule has 0 saturated heterocycles. The topological polar surface area (TPSA) is 51.8 Å². The van der Waals surface area contributed by atoms with E-state index in [4.69, 9.17) is 17.3 Å². The Bertz CT molecular complexity index is 726. The van der Waals surface area contributed by atoms with E-state index in [1.807, 2.05) is 0 Å². The lowest BCUT2D eigenvalue weighted by Gasteiger charge is -2.34. The van der Waals surface area contributed by atoms with Gasteiger partial charge in [0.2, 0.25) is 0 Å². The van der Waals surface area contributed by atoms with Gasteiger partial charge in [0.05, 0.1) is 18.1 Å². The van der Waals surface area contributed by atoms with Gasteiger partial charge in [0, 0.05) is 6.04 Å². The van der Waals surface area contributed by atoms with E-state index in [1.54, 1.807) is 12.4 Å². The first kappa shape index (κ1) is 17.1. The number of benzene rings is 1. The van der Waals surface area contributed by atoms with Gasteiger partial charge < -0.3 is 5.73 Å². The number of hydrogen-bond donors (Lipinski definition) is 1. The molecule has 4 heteroatoms. The monoisotopic (exact) mass is 341 g/mol. The highest BCUT2D eigenvalue weighted by atomic mass is 35.5. The molecule has 0 fully saturated rings. The van der Waals surface area contributed by atoms with Crippen LogP contribution in [0.15, 0.2) is 43.2 Å². The molecule has 0 aliphatic heterocycles. The van der Waals surface area contributed by atoms with Crippen molar-refractivity contribution >= 4 is 17.2 Å². The van der Waals surface area contributed by atoms with Crippen LogP contribution in [0.2, 0.25) is 5.15 Å². The quantitative estimate of drug-likeness (QED) is 0.807. The third-order valence-corrected chi connectivity index (χ3v) is 5.44. The molecule has 1 heterocycles. The standard InChI is InChI=1S/C20H24ClN3/c1-3-9-20(11-15-6-4-5-7-16(15)19(20)22)10-8-14(2)17-12-24-18(21)13-23-17/h4-7,12-13,19H,2-3,8-11,22H2,1H3/t19-,20?/m1/s1. The number of allylic oxidation sites excluding steroid dienone is 1. The molecule has 1 aromatic carbocycles. The highest BCUT2D eigenvalue weighted by Gasteiger charge is 2.42. The van der Waals surface area contributed by atoms with Gasteiger partial charge in [-0.25, -0.2) is 4.98 Å². The van der Waals surface area contributed by atoms with Crippen molar-refractivity contribution in [3.63, 3.8) is 0 Å². The maximum Gasteiger partial charge on any atom is 0.147 e. The number of halogens is 1. The van der Waals surface area contributed by atoms with Crippen LogP contribution < -0.4 is 5.73 Å². The van der Waals surface area contributed by atoms with Crippen molar-refractivity contribution < 1.29 is 0 Å². The van der Waals surface area contributed by atoms with E-state index < -0.39 is 0 Å². The number of fused-ring (bicyclic) bond motifs is 1. The van der Waals surface area contributed by atoms with Crippen LogP contribution in [0.4, 0.5) is 0 Å². The molecule has 0 bridgehead atoms. The number of aromatic nitrogens is 2. The van der Waals surface area contributed by atoms with Gasteiger partial charge in [-0.3, -0.25) is 4.98 Å². The van der Waals surface area contributed by atoms with Crippen molar-refractivity contribution in [3.05, 3.63) is 65.2 Å². The van der Waals surface area contributed by atoms with Crippen molar-refractivity contribution in [3.8, 4) is 0 Å². The molecule has 1 aliphatic carbocycles. The van der Waals surface area contributed by atoms with Crippen molar-refractivity contribution in [2.45, 2.75) is 45.1 Å². The lowest BCUT2D eigenvalue weighted by Crippen LogP contribution is -2.31. The van der Waals surface area contributed by atoms with E-state index in [0.717, 1.165) is 43.4 Å². The van der Waals surface area contributed by atoms with Crippen molar-refractivity contribution in [1.29, 1.82) is 0 Å². The fourth-order valence-electron chi connectivity index (χ4n) is 3.95. The van der Waals surface area contributed by atoms with Gasteiger partial charge in [-0.15, -0.1) is 0 Å². The van der Waals surface area contributed by atoms with E-state index in [9.17, 15) is 0 Å². The van der Waals surface area contributed by atoms with Crippen LogP contribution in [-0.2, 0) is 6.42 Å². The summed E-state index contributed by atoms with van der Waals surface area (Å²) in [5.74, 6) is 0. The zero-order valence-corrected chi connectivity index (χ0v) is 14.9. The molecule has 24 heavy (non-hydrogen) atoms. The zero-order valence-electron chi connectivity index (χ0n) is 14.1. The van der Waals surface area contributed by atoms with Crippen LogP contribution >= 0.6 is 11.6 Å². The van der Waals surface area contributed by atoms with Crippen LogP contribution in [0.25, 0.3) is 5.57 Å². The summed E-state index contributed by atoms with van der Waals surface area (Å²) < 4.78 is 0. The third-order valence-electron chi connectivity index (χ3n) is 5.25. The van der Waals surface area contributed by atoms with Crippen molar-refractivity contribution in [2.75, 3.05) is 0 Å². The Morgan fingerprint density at radius 2 is 2.08 bits per heavy atom. The lowest BCUT2D eigenvalue weighted by atomic mass is 9.73. The molecule has 0 saturated carbocycles. The molecular weight excluding hydrogens is 318 g/mol. The molecule has 1 aromatic heterocycles. The molecule has 1 unspecified atom stereocenters. The van der Waals surface area contributed by atoms with Crippen molar-refractivity contribution in [2.24, 2.45) is 11.1 Å². The zero-order chi connectivity index (χ0) is 17.2. The molecule has 3 nitrogen and oxygen atoms in total. The largest absolute Gasteiger partial charge is 0.323 e. The Balaban J connectivity index is 1.76. The minimum Gasteiger partial charge on any atom is -0.323 e. The number of hydrogen-bond acceptors (Lipinski definition) is 3. The molecular formula is C20H24ClN3. The predicted molar refractivity (Wildman–Crippen MR) is 99.7 cm³/mol. The molecule has 3 rings (SSSR count). The van der Waals surface area contributed by atoms with Crippen molar-refractivity contribution in [1.82, 2.24) is 9.97 Å². The van der Waals surface area contributed by atoms with E-state index in [0.29, 0.717) is 5.15 Å². The Morgan fingerprint density at radius 1 is 1.29 bits per heavy atom. The Hall–Kier alpha value is -1.71. The Labute approximate surface area is 149 Å². The molecule has 126 valence electrons. The van der Waals surface area contributed by atoms with E-state index in [2.05, 4.69) is 47.7 Å². The maximum atomic E-state index is 6.68. The summed E-state index contributed by atoms with van der Waals surface area (Å²) in [5, 5.41) is 0.405. The smallest absolute Gasteiger partial charge is 0.147 e. The first-order valence-corrected chi connectivity index (χ1v) is 8.92. The fourth-order valence-corrected chi connectivity index (χ4v) is 4.05. The van der Waals surface area contributed by atoms with E-state index in [-0.39, 0.29) is 11.5 Å². The summed E-state index contributed by atoms with van der Waals surface area (Å²) in [7, 11) is 0. The first-order valence-electron chi connectivity index (χ1n) is 8.55. The Morgan fingerprint density at radius 3 is 2.75 bits per heavy atom. The molecule has 0 spiro atoms. The molecule has 2 aromatic rings. The minimum absolute atomic E-state index is 0.0951. The normalized spacial score (nSPS) is 22.4. The summed E-state index contributed by atoms with van der Waals surface area (Å²) in [6, 6.07) is 8.68. The average Bonchev–Trinajstić information content (AvgIpc) is 2.87. The lowest BCUT2D eigenvalue weighted by molar-refractivity contribution is 0.206. The van der Waals surface area contributed by atoms with Gasteiger partial charge in [-0.1, -0.05) is 55.8 Å². The fraction of sp³-hybridized carbons (Fsp3) is 0.400. The van der Waals surface area contributed by atoms with Crippen LogP contribution in [0.1, 0.15) is 55.5 Å². The highest BCUT2D eigenvalue weighted by Crippen LogP contribution is 2.50. The van der Waals surface area contributed by atoms with Gasteiger partial charge in [-0.2, -0.15) is 0 Å². The maximum absolute atomic E-state index is 6.68. The number of nitrogens with two attached hydrogens (primary N) is 1. The summed E-state index contributed by atoms with van der Waals surface area (Å²) in [5.41, 5.74) is 11.3. The third kappa shape index (κ3) is 3.24. The van der Waals surface area contributed by atoms with Crippen LogP contribution in [-0.4, -0.2) is 9.97 Å². The second-order valence-electron chi connectivity index (χ2n) is 6.79. The van der Waals surface area contributed by atoms with Gasteiger partial charge >= 0.3 is 0 Å². The van der Waals surface area contributed by atoms with Gasteiger partial charge in [0.1, 0.15) is 5.15 Å². The van der Waals surface area contributed by atoms with Gasteiger partial charge in [0.25, 0.3) is 0 Å². The predicted octanol–water partition coefficient (Wildman–Crippen LogP) is 4.97. The van der Waals surface area contributed by atoms with Crippen LogP contribution in [0, 0.1) is 5.41 Å². The number of nitrogens with zero attached hydrogens (tertiary/aromatic N) is 2.